The number of fused-ring (bicyclic) bond motifs is 1. The van der Waals surface area contributed by atoms with Crippen molar-refractivity contribution in [1.29, 1.82) is 5.26 Å². The summed E-state index contributed by atoms with van der Waals surface area (Å²) in [6, 6.07) is 8.29. The molecule has 0 saturated heterocycles. The average molecular weight is 413 g/mol. The van der Waals surface area contributed by atoms with Gasteiger partial charge in [-0.15, -0.1) is 0 Å². The Morgan fingerprint density at radius 2 is 2.14 bits per heavy atom. The molecule has 4 rings (SSSR count). The van der Waals surface area contributed by atoms with Gasteiger partial charge in [-0.3, -0.25) is 9.78 Å². The van der Waals surface area contributed by atoms with Crippen LogP contribution in [0.5, 0.6) is 0 Å². The predicted octanol–water partition coefficient (Wildman–Crippen LogP) is 5.16. The molecule has 1 amide bonds. The maximum atomic E-state index is 14.0. The van der Waals surface area contributed by atoms with Crippen molar-refractivity contribution in [3.63, 3.8) is 0 Å². The number of halogens is 3. The van der Waals surface area contributed by atoms with Gasteiger partial charge in [0, 0.05) is 42.0 Å². The number of carbonyl (C=O) groups excluding carboxylic acids is 1. The molecule has 3 aromatic rings. The van der Waals surface area contributed by atoms with Crippen molar-refractivity contribution in [3.8, 4) is 17.2 Å². The van der Waals surface area contributed by atoms with E-state index in [0.29, 0.717) is 33.6 Å². The van der Waals surface area contributed by atoms with E-state index in [1.165, 1.54) is 24.7 Å². The van der Waals surface area contributed by atoms with Gasteiger partial charge < -0.3 is 5.32 Å². The Morgan fingerprint density at radius 3 is 2.83 bits per heavy atom. The number of hydrogen-bond donors (Lipinski definition) is 1. The summed E-state index contributed by atoms with van der Waals surface area (Å²) in [4.78, 5) is 20.3. The van der Waals surface area contributed by atoms with Crippen LogP contribution in [0, 0.1) is 23.2 Å². The van der Waals surface area contributed by atoms with Crippen LogP contribution in [0.4, 0.5) is 14.6 Å². The van der Waals surface area contributed by atoms with E-state index in [2.05, 4.69) is 21.4 Å². The third kappa shape index (κ3) is 3.76. The smallest absolute Gasteiger partial charge is 0.271 e. The SMILES string of the molecule is CC(F)(F)c1ccncc1-c1cc(Cl)c2cnc(NC(=O)[C@@H]3C[C@H]3C#N)cc2c1. The lowest BCUT2D eigenvalue weighted by Gasteiger charge is -2.16. The molecule has 2 aromatic heterocycles. The van der Waals surface area contributed by atoms with Gasteiger partial charge >= 0.3 is 0 Å². The standard InChI is InChI=1S/C21H15ClF2N4O/c1-21(23,24)17-2-3-26-9-15(17)11-4-12-7-19(27-10-16(12)18(22)6-11)28-20(29)14-5-13(14)8-25/h2-4,6-7,9-10,13-14H,5H2,1H3,(H,27,28,29)/t13-,14+/m0/s1. The molecular formula is C21H15ClF2N4O. The van der Waals surface area contributed by atoms with Gasteiger partial charge in [0.25, 0.3) is 5.92 Å². The molecule has 0 spiro atoms. The molecule has 5 nitrogen and oxygen atoms in total. The van der Waals surface area contributed by atoms with Crippen LogP contribution in [0.1, 0.15) is 18.9 Å². The highest BCUT2D eigenvalue weighted by Crippen LogP contribution is 2.39. The molecule has 0 bridgehead atoms. The number of aromatic nitrogens is 2. The molecule has 2 heterocycles. The van der Waals surface area contributed by atoms with Crippen LogP contribution in [0.25, 0.3) is 21.9 Å². The monoisotopic (exact) mass is 412 g/mol. The fraction of sp³-hybridized carbons (Fsp3) is 0.238. The van der Waals surface area contributed by atoms with Crippen LogP contribution in [-0.4, -0.2) is 15.9 Å². The van der Waals surface area contributed by atoms with Gasteiger partial charge in [-0.05, 0) is 41.6 Å². The maximum absolute atomic E-state index is 14.0. The fourth-order valence-electron chi connectivity index (χ4n) is 3.29. The Balaban J connectivity index is 1.73. The third-order valence-corrected chi connectivity index (χ3v) is 5.25. The molecular weight excluding hydrogens is 398 g/mol. The van der Waals surface area contributed by atoms with Gasteiger partial charge in [0.2, 0.25) is 5.91 Å². The topological polar surface area (TPSA) is 78.7 Å². The molecule has 0 aliphatic heterocycles. The number of rotatable bonds is 4. The number of alkyl halides is 2. The predicted molar refractivity (Wildman–Crippen MR) is 105 cm³/mol. The van der Waals surface area contributed by atoms with E-state index in [1.54, 1.807) is 18.2 Å². The Labute approximate surface area is 170 Å². The van der Waals surface area contributed by atoms with Crippen LogP contribution < -0.4 is 5.32 Å². The van der Waals surface area contributed by atoms with Gasteiger partial charge in [-0.25, -0.2) is 13.8 Å². The number of pyridine rings is 2. The van der Waals surface area contributed by atoms with Crippen LogP contribution in [-0.2, 0) is 10.7 Å². The summed E-state index contributed by atoms with van der Waals surface area (Å²) < 4.78 is 28.0. The lowest BCUT2D eigenvalue weighted by atomic mass is 9.96. The molecule has 1 fully saturated rings. The number of benzene rings is 1. The Bertz CT molecular complexity index is 1170. The van der Waals surface area contributed by atoms with Gasteiger partial charge in [0.05, 0.1) is 22.9 Å². The number of anilines is 1. The molecule has 29 heavy (non-hydrogen) atoms. The van der Waals surface area contributed by atoms with E-state index in [9.17, 15) is 13.6 Å². The van der Waals surface area contributed by atoms with Crippen molar-refractivity contribution in [2.45, 2.75) is 19.3 Å². The van der Waals surface area contributed by atoms with E-state index in [1.807, 2.05) is 0 Å². The van der Waals surface area contributed by atoms with Gasteiger partial charge in [-0.1, -0.05) is 11.6 Å². The van der Waals surface area contributed by atoms with E-state index < -0.39 is 5.92 Å². The zero-order chi connectivity index (χ0) is 20.8. The van der Waals surface area contributed by atoms with E-state index in [0.717, 1.165) is 6.92 Å². The van der Waals surface area contributed by atoms with Crippen molar-refractivity contribution < 1.29 is 13.6 Å². The van der Waals surface area contributed by atoms with Gasteiger partial charge in [0.1, 0.15) is 5.82 Å². The maximum Gasteiger partial charge on any atom is 0.271 e. The minimum Gasteiger partial charge on any atom is -0.310 e. The minimum atomic E-state index is -3.04. The second-order valence-electron chi connectivity index (χ2n) is 7.13. The van der Waals surface area contributed by atoms with E-state index >= 15 is 0 Å². The Hall–Kier alpha value is -3.11. The quantitative estimate of drug-likeness (QED) is 0.642. The Kier molecular flexibility index (Phi) is 4.67. The molecule has 1 aromatic carbocycles. The van der Waals surface area contributed by atoms with Crippen molar-refractivity contribution in [2.24, 2.45) is 11.8 Å². The third-order valence-electron chi connectivity index (χ3n) is 4.94. The number of nitriles is 1. The fourth-order valence-corrected chi connectivity index (χ4v) is 3.57. The first-order chi connectivity index (χ1) is 13.8. The second kappa shape index (κ2) is 7.05. The summed E-state index contributed by atoms with van der Waals surface area (Å²) in [5, 5.41) is 13.2. The molecule has 1 saturated carbocycles. The molecule has 0 unspecified atom stereocenters. The summed E-state index contributed by atoms with van der Waals surface area (Å²) >= 11 is 6.36. The molecule has 1 aliphatic carbocycles. The lowest BCUT2D eigenvalue weighted by Crippen LogP contribution is -2.15. The van der Waals surface area contributed by atoms with E-state index in [4.69, 9.17) is 16.9 Å². The summed E-state index contributed by atoms with van der Waals surface area (Å²) in [7, 11) is 0. The molecule has 146 valence electrons. The minimum absolute atomic E-state index is 0.151. The van der Waals surface area contributed by atoms with Crippen LogP contribution in [0.3, 0.4) is 0 Å². The molecule has 0 radical (unpaired) electrons. The molecule has 1 aliphatic rings. The summed E-state index contributed by atoms with van der Waals surface area (Å²) in [6.07, 6.45) is 4.76. The lowest BCUT2D eigenvalue weighted by molar-refractivity contribution is -0.117. The molecule has 1 N–H and O–H groups in total. The summed E-state index contributed by atoms with van der Waals surface area (Å²) in [5.41, 5.74) is 0.616. The van der Waals surface area contributed by atoms with Crippen LogP contribution in [0.15, 0.2) is 42.9 Å². The first kappa shape index (κ1) is 19.2. The molecule has 8 heteroatoms. The van der Waals surface area contributed by atoms with Gasteiger partial charge in [0.15, 0.2) is 0 Å². The van der Waals surface area contributed by atoms with E-state index in [-0.39, 0.29) is 28.9 Å². The highest BCUT2D eigenvalue weighted by Gasteiger charge is 2.43. The number of nitrogens with one attached hydrogen (secondary N) is 1. The largest absolute Gasteiger partial charge is 0.310 e. The van der Waals surface area contributed by atoms with Gasteiger partial charge in [-0.2, -0.15) is 5.26 Å². The van der Waals surface area contributed by atoms with Crippen molar-refractivity contribution in [3.05, 3.63) is 53.4 Å². The zero-order valence-corrected chi connectivity index (χ0v) is 16.0. The van der Waals surface area contributed by atoms with Crippen molar-refractivity contribution in [1.82, 2.24) is 9.97 Å². The Morgan fingerprint density at radius 1 is 1.34 bits per heavy atom. The first-order valence-electron chi connectivity index (χ1n) is 8.90. The summed E-state index contributed by atoms with van der Waals surface area (Å²) in [6.45, 7) is 0.832. The van der Waals surface area contributed by atoms with Crippen LogP contribution in [0.2, 0.25) is 5.02 Å². The number of nitrogens with zero attached hydrogens (tertiary/aromatic N) is 3. The normalized spacial score (nSPS) is 18.3. The average Bonchev–Trinajstić information content (AvgIpc) is 3.47. The van der Waals surface area contributed by atoms with Crippen molar-refractivity contribution in [2.75, 3.05) is 5.32 Å². The number of amides is 1. The second-order valence-corrected chi connectivity index (χ2v) is 7.53. The first-order valence-corrected chi connectivity index (χ1v) is 9.28. The zero-order valence-electron chi connectivity index (χ0n) is 15.3. The number of carbonyl (C=O) groups is 1. The summed E-state index contributed by atoms with van der Waals surface area (Å²) in [5.74, 6) is -3.57. The highest BCUT2D eigenvalue weighted by atomic mass is 35.5. The number of hydrogen-bond acceptors (Lipinski definition) is 4. The van der Waals surface area contributed by atoms with Crippen molar-refractivity contribution >= 4 is 34.1 Å². The molecule has 2 atom stereocenters. The van der Waals surface area contributed by atoms with Crippen LogP contribution >= 0.6 is 11.6 Å². The highest BCUT2D eigenvalue weighted by molar-refractivity contribution is 6.36.